The second-order valence-electron chi connectivity index (χ2n) is 9.20. The maximum absolute atomic E-state index is 11.7. The molecular weight excluding hydrogens is 382 g/mol. The number of carbonyl (C=O) groups is 3. The summed E-state index contributed by atoms with van der Waals surface area (Å²) in [4.78, 5) is 34.2. The van der Waals surface area contributed by atoms with Crippen molar-refractivity contribution < 1.29 is 24.2 Å². The quantitative estimate of drug-likeness (QED) is 0.214. The molecule has 0 aliphatic carbocycles. The van der Waals surface area contributed by atoms with E-state index in [0.29, 0.717) is 19.3 Å². The molecule has 0 spiro atoms. The van der Waals surface area contributed by atoms with Crippen LogP contribution < -0.4 is 5.32 Å². The van der Waals surface area contributed by atoms with E-state index in [0.717, 1.165) is 32.1 Å². The summed E-state index contributed by atoms with van der Waals surface area (Å²) in [6.45, 7) is 7.45. The number of hydrogen-bond donors (Lipinski definition) is 2. The maximum Gasteiger partial charge on any atom is 0.326 e. The van der Waals surface area contributed by atoms with Crippen molar-refractivity contribution >= 4 is 17.8 Å². The zero-order chi connectivity index (χ0) is 22.8. The molecule has 0 saturated heterocycles. The maximum atomic E-state index is 11.7. The number of aliphatic carboxylic acids is 1. The molecule has 0 aromatic heterocycles. The normalized spacial score (nSPS) is 12.4. The zero-order valence-electron chi connectivity index (χ0n) is 19.8. The molecule has 0 aromatic rings. The summed E-state index contributed by atoms with van der Waals surface area (Å²) >= 11 is 0. The molecule has 176 valence electrons. The van der Waals surface area contributed by atoms with Crippen LogP contribution >= 0.6 is 0 Å². The monoisotopic (exact) mass is 427 g/mol. The van der Waals surface area contributed by atoms with Crippen molar-refractivity contribution in [2.24, 2.45) is 0 Å². The van der Waals surface area contributed by atoms with Gasteiger partial charge < -0.3 is 15.2 Å². The van der Waals surface area contributed by atoms with Gasteiger partial charge in [-0.1, -0.05) is 71.1 Å². The lowest BCUT2D eigenvalue weighted by atomic mass is 10.0. The Morgan fingerprint density at radius 2 is 1.17 bits per heavy atom. The van der Waals surface area contributed by atoms with Gasteiger partial charge in [0.05, 0.1) is 0 Å². The van der Waals surface area contributed by atoms with E-state index in [-0.39, 0.29) is 17.5 Å². The SMILES string of the molecule is CCC(NC(=O)CCCCCCCCCCCCCCC(=O)OC(C)(C)C)C(=O)O. The topological polar surface area (TPSA) is 92.7 Å². The molecule has 0 saturated carbocycles. The van der Waals surface area contributed by atoms with Gasteiger partial charge in [0.2, 0.25) is 5.91 Å². The third-order valence-corrected chi connectivity index (χ3v) is 5.00. The molecule has 0 bridgehead atoms. The van der Waals surface area contributed by atoms with Crippen LogP contribution in [-0.4, -0.2) is 34.6 Å². The molecule has 2 N–H and O–H groups in total. The Labute approximate surface area is 183 Å². The lowest BCUT2D eigenvalue weighted by molar-refractivity contribution is -0.155. The highest BCUT2D eigenvalue weighted by atomic mass is 16.6. The minimum atomic E-state index is -0.966. The number of unbranched alkanes of at least 4 members (excludes halogenated alkanes) is 11. The van der Waals surface area contributed by atoms with Crippen molar-refractivity contribution in [3.05, 3.63) is 0 Å². The molecule has 0 rings (SSSR count). The van der Waals surface area contributed by atoms with E-state index < -0.39 is 12.0 Å². The number of ether oxygens (including phenoxy) is 1. The third kappa shape index (κ3) is 18.4. The molecule has 0 fully saturated rings. The van der Waals surface area contributed by atoms with Gasteiger partial charge in [-0.2, -0.15) is 0 Å². The summed E-state index contributed by atoms with van der Waals surface area (Å²) in [6, 6.07) is -0.762. The number of rotatable bonds is 18. The molecule has 1 unspecified atom stereocenters. The highest BCUT2D eigenvalue weighted by Gasteiger charge is 2.17. The van der Waals surface area contributed by atoms with Gasteiger partial charge in [-0.25, -0.2) is 4.79 Å². The van der Waals surface area contributed by atoms with Crippen molar-refractivity contribution in [2.75, 3.05) is 0 Å². The Hall–Kier alpha value is -1.59. The first kappa shape index (κ1) is 28.4. The third-order valence-electron chi connectivity index (χ3n) is 5.00. The van der Waals surface area contributed by atoms with E-state index >= 15 is 0 Å². The van der Waals surface area contributed by atoms with Crippen LogP contribution in [-0.2, 0) is 19.1 Å². The second kappa shape index (κ2) is 17.1. The second-order valence-corrected chi connectivity index (χ2v) is 9.20. The number of carbonyl (C=O) groups excluding carboxylic acids is 2. The fourth-order valence-electron chi connectivity index (χ4n) is 3.32. The first-order chi connectivity index (χ1) is 14.2. The van der Waals surface area contributed by atoms with Crippen LogP contribution in [0.4, 0.5) is 0 Å². The minimum absolute atomic E-state index is 0.0893. The Kier molecular flexibility index (Phi) is 16.2. The van der Waals surface area contributed by atoms with Crippen LogP contribution in [0.25, 0.3) is 0 Å². The van der Waals surface area contributed by atoms with E-state index in [9.17, 15) is 14.4 Å². The van der Waals surface area contributed by atoms with E-state index in [1.54, 1.807) is 6.92 Å². The van der Waals surface area contributed by atoms with Gasteiger partial charge in [0.25, 0.3) is 0 Å². The molecule has 0 heterocycles. The summed E-state index contributed by atoms with van der Waals surface area (Å²) in [5, 5.41) is 11.5. The molecule has 6 heteroatoms. The summed E-state index contributed by atoms with van der Waals surface area (Å²) in [7, 11) is 0. The van der Waals surface area contributed by atoms with E-state index in [2.05, 4.69) is 5.32 Å². The predicted molar refractivity (Wildman–Crippen MR) is 120 cm³/mol. The van der Waals surface area contributed by atoms with Crippen molar-refractivity contribution in [1.82, 2.24) is 5.32 Å². The van der Waals surface area contributed by atoms with Crippen molar-refractivity contribution in [2.45, 2.75) is 136 Å². The highest BCUT2D eigenvalue weighted by molar-refractivity contribution is 5.83. The summed E-state index contributed by atoms with van der Waals surface area (Å²) in [5.74, 6) is -1.21. The van der Waals surface area contributed by atoms with E-state index in [1.807, 2.05) is 20.8 Å². The molecular formula is C24H45NO5. The van der Waals surface area contributed by atoms with Gasteiger partial charge in [-0.3, -0.25) is 9.59 Å². The highest BCUT2D eigenvalue weighted by Crippen LogP contribution is 2.14. The number of esters is 1. The molecule has 0 aliphatic heterocycles. The standard InChI is InChI=1S/C24H45NO5/c1-5-20(23(28)29)25-21(26)18-16-14-12-10-8-6-7-9-11-13-15-17-19-22(27)30-24(2,3)4/h20H,5-19H2,1-4H3,(H,25,26)(H,28,29). The van der Waals surface area contributed by atoms with Gasteiger partial charge in [0.15, 0.2) is 0 Å². The molecule has 1 amide bonds. The predicted octanol–water partition coefficient (Wildman–Crippen LogP) is 5.77. The average Bonchev–Trinajstić information content (AvgIpc) is 2.64. The van der Waals surface area contributed by atoms with Crippen molar-refractivity contribution in [3.8, 4) is 0 Å². The summed E-state index contributed by atoms with van der Waals surface area (Å²) in [6.07, 6.45) is 15.0. The van der Waals surface area contributed by atoms with Gasteiger partial charge in [-0.05, 0) is 40.0 Å². The molecule has 30 heavy (non-hydrogen) atoms. The van der Waals surface area contributed by atoms with Crippen molar-refractivity contribution in [1.29, 1.82) is 0 Å². The number of amides is 1. The first-order valence-electron chi connectivity index (χ1n) is 11.9. The average molecular weight is 428 g/mol. The summed E-state index contributed by atoms with van der Waals surface area (Å²) < 4.78 is 5.30. The van der Waals surface area contributed by atoms with Crippen LogP contribution in [0.5, 0.6) is 0 Å². The number of hydrogen-bond acceptors (Lipinski definition) is 4. The molecule has 6 nitrogen and oxygen atoms in total. The Bertz CT molecular complexity index is 484. The Morgan fingerprint density at radius 1 is 0.767 bits per heavy atom. The van der Waals surface area contributed by atoms with E-state index in [4.69, 9.17) is 9.84 Å². The van der Waals surface area contributed by atoms with Crippen LogP contribution in [0.1, 0.15) is 124 Å². The zero-order valence-corrected chi connectivity index (χ0v) is 19.8. The lowest BCUT2D eigenvalue weighted by Gasteiger charge is -2.19. The molecule has 1 atom stereocenters. The Morgan fingerprint density at radius 3 is 1.53 bits per heavy atom. The van der Waals surface area contributed by atoms with Crippen LogP contribution in [0.2, 0.25) is 0 Å². The minimum Gasteiger partial charge on any atom is -0.480 e. The summed E-state index contributed by atoms with van der Waals surface area (Å²) in [5.41, 5.74) is -0.383. The van der Waals surface area contributed by atoms with Crippen LogP contribution in [0.3, 0.4) is 0 Å². The fraction of sp³-hybridized carbons (Fsp3) is 0.875. The largest absolute Gasteiger partial charge is 0.480 e. The molecule has 0 aromatic carbocycles. The van der Waals surface area contributed by atoms with Gasteiger partial charge >= 0.3 is 11.9 Å². The number of carboxylic acids is 1. The first-order valence-corrected chi connectivity index (χ1v) is 11.9. The number of nitrogens with one attached hydrogen (secondary N) is 1. The fourth-order valence-corrected chi connectivity index (χ4v) is 3.32. The Balaban J connectivity index is 3.36. The lowest BCUT2D eigenvalue weighted by Crippen LogP contribution is -2.40. The van der Waals surface area contributed by atoms with Crippen LogP contribution in [0.15, 0.2) is 0 Å². The van der Waals surface area contributed by atoms with Gasteiger partial charge in [0, 0.05) is 12.8 Å². The smallest absolute Gasteiger partial charge is 0.326 e. The molecule has 0 radical (unpaired) electrons. The van der Waals surface area contributed by atoms with Crippen molar-refractivity contribution in [3.63, 3.8) is 0 Å². The van der Waals surface area contributed by atoms with Gasteiger partial charge in [-0.15, -0.1) is 0 Å². The van der Waals surface area contributed by atoms with Gasteiger partial charge in [0.1, 0.15) is 11.6 Å². The molecule has 0 aliphatic rings. The van der Waals surface area contributed by atoms with Crippen LogP contribution in [0, 0.1) is 0 Å². The van der Waals surface area contributed by atoms with E-state index in [1.165, 1.54) is 44.9 Å². The number of carboxylic acid groups (broad SMARTS) is 1.